The Morgan fingerprint density at radius 2 is 2.00 bits per heavy atom. The summed E-state index contributed by atoms with van der Waals surface area (Å²) < 4.78 is 38.5. The number of imide groups is 1. The van der Waals surface area contributed by atoms with Crippen LogP contribution in [0.5, 0.6) is 0 Å². The van der Waals surface area contributed by atoms with Crippen molar-refractivity contribution in [2.24, 2.45) is 0 Å². The molecule has 0 aromatic heterocycles. The van der Waals surface area contributed by atoms with Gasteiger partial charge in [-0.05, 0) is 36.1 Å². The highest BCUT2D eigenvalue weighted by Gasteiger charge is 2.33. The van der Waals surface area contributed by atoms with E-state index in [0.29, 0.717) is 18.5 Å². The van der Waals surface area contributed by atoms with Crippen molar-refractivity contribution in [1.82, 2.24) is 15.5 Å². The van der Waals surface area contributed by atoms with Crippen molar-refractivity contribution >= 4 is 17.8 Å². The standard InChI is InChI=1S/C16H16F3N3O3/c17-16(18,19)11-2-1-9-5-6-22(8-10(9)7-11)13(23)4-3-12-14(24)21-15(25)20-12/h1-2,7,12H,3-6,8H2,(H2,20,21,24,25)/t12-/m1/s1. The lowest BCUT2D eigenvalue weighted by atomic mass is 9.96. The minimum absolute atomic E-state index is 0.0344. The van der Waals surface area contributed by atoms with E-state index in [1.807, 2.05) is 0 Å². The van der Waals surface area contributed by atoms with Crippen LogP contribution in [0, 0.1) is 0 Å². The van der Waals surface area contributed by atoms with Crippen LogP contribution in [0.3, 0.4) is 0 Å². The normalized spacial score (nSPS) is 20.1. The fourth-order valence-corrected chi connectivity index (χ4v) is 3.03. The zero-order valence-corrected chi connectivity index (χ0v) is 13.2. The van der Waals surface area contributed by atoms with Gasteiger partial charge >= 0.3 is 12.2 Å². The zero-order valence-electron chi connectivity index (χ0n) is 13.2. The number of alkyl halides is 3. The van der Waals surface area contributed by atoms with Crippen LogP contribution in [0.15, 0.2) is 18.2 Å². The lowest BCUT2D eigenvalue weighted by Gasteiger charge is -2.29. The fourth-order valence-electron chi connectivity index (χ4n) is 3.03. The number of amides is 4. The summed E-state index contributed by atoms with van der Waals surface area (Å²) in [6.07, 6.45) is -3.75. The van der Waals surface area contributed by atoms with E-state index in [1.165, 1.54) is 11.0 Å². The quantitative estimate of drug-likeness (QED) is 0.808. The summed E-state index contributed by atoms with van der Waals surface area (Å²) in [6.45, 7) is 0.529. The number of hydrogen-bond donors (Lipinski definition) is 2. The molecule has 1 fully saturated rings. The van der Waals surface area contributed by atoms with Gasteiger partial charge in [-0.25, -0.2) is 4.79 Å². The molecule has 9 heteroatoms. The first-order valence-electron chi connectivity index (χ1n) is 7.82. The minimum atomic E-state index is -4.42. The van der Waals surface area contributed by atoms with Crippen molar-refractivity contribution in [3.8, 4) is 0 Å². The Morgan fingerprint density at radius 3 is 2.64 bits per heavy atom. The Hall–Kier alpha value is -2.58. The van der Waals surface area contributed by atoms with Crippen LogP contribution in [-0.2, 0) is 28.7 Å². The third-order valence-corrected chi connectivity index (χ3v) is 4.40. The maximum atomic E-state index is 12.8. The fraction of sp³-hybridized carbons (Fsp3) is 0.438. The van der Waals surface area contributed by atoms with Crippen LogP contribution in [0.25, 0.3) is 0 Å². The van der Waals surface area contributed by atoms with Gasteiger partial charge in [-0.2, -0.15) is 13.2 Å². The molecule has 2 N–H and O–H groups in total. The van der Waals surface area contributed by atoms with E-state index in [9.17, 15) is 27.6 Å². The smallest absolute Gasteiger partial charge is 0.338 e. The Bertz CT molecular complexity index is 733. The van der Waals surface area contributed by atoms with Crippen molar-refractivity contribution in [3.63, 3.8) is 0 Å². The average Bonchev–Trinajstić information content (AvgIpc) is 2.88. The lowest BCUT2D eigenvalue weighted by molar-refractivity contribution is -0.137. The molecular weight excluding hydrogens is 339 g/mol. The summed E-state index contributed by atoms with van der Waals surface area (Å²) in [5, 5.41) is 4.49. The molecule has 1 saturated heterocycles. The number of urea groups is 1. The number of carbonyl (C=O) groups is 3. The van der Waals surface area contributed by atoms with Gasteiger partial charge in [0.15, 0.2) is 0 Å². The molecule has 0 unspecified atom stereocenters. The molecule has 134 valence electrons. The van der Waals surface area contributed by atoms with Gasteiger partial charge in [0.25, 0.3) is 5.91 Å². The highest BCUT2D eigenvalue weighted by atomic mass is 19.4. The summed E-state index contributed by atoms with van der Waals surface area (Å²) in [7, 11) is 0. The maximum absolute atomic E-state index is 12.8. The predicted molar refractivity (Wildman–Crippen MR) is 80.3 cm³/mol. The second kappa shape index (κ2) is 6.38. The molecule has 1 aromatic rings. The van der Waals surface area contributed by atoms with Crippen LogP contribution < -0.4 is 10.6 Å². The second-order valence-corrected chi connectivity index (χ2v) is 6.10. The topological polar surface area (TPSA) is 78.5 Å². The SMILES string of the molecule is O=C1NC(=O)[C@@H](CCC(=O)N2CCc3ccc(C(F)(F)F)cc3C2)N1. The Kier molecular flexibility index (Phi) is 4.40. The summed E-state index contributed by atoms with van der Waals surface area (Å²) in [6, 6.07) is 2.26. The summed E-state index contributed by atoms with van der Waals surface area (Å²) in [5.74, 6) is -0.728. The third kappa shape index (κ3) is 3.75. The second-order valence-electron chi connectivity index (χ2n) is 6.10. The molecule has 6 nitrogen and oxygen atoms in total. The molecular formula is C16H16F3N3O3. The first-order valence-corrected chi connectivity index (χ1v) is 7.82. The molecule has 1 aromatic carbocycles. The van der Waals surface area contributed by atoms with Gasteiger partial charge < -0.3 is 10.2 Å². The monoisotopic (exact) mass is 355 g/mol. The predicted octanol–water partition coefficient (Wildman–Crippen LogP) is 1.58. The molecule has 2 heterocycles. The molecule has 3 rings (SSSR count). The van der Waals surface area contributed by atoms with E-state index in [0.717, 1.165) is 17.7 Å². The zero-order chi connectivity index (χ0) is 18.2. The van der Waals surface area contributed by atoms with E-state index < -0.39 is 29.7 Å². The van der Waals surface area contributed by atoms with E-state index in [-0.39, 0.29) is 25.3 Å². The van der Waals surface area contributed by atoms with Gasteiger partial charge in [0.05, 0.1) is 5.56 Å². The third-order valence-electron chi connectivity index (χ3n) is 4.40. The number of halogens is 3. The molecule has 2 aliphatic rings. The van der Waals surface area contributed by atoms with Crippen LogP contribution in [0.4, 0.5) is 18.0 Å². The van der Waals surface area contributed by atoms with Crippen LogP contribution >= 0.6 is 0 Å². The van der Waals surface area contributed by atoms with E-state index >= 15 is 0 Å². The Morgan fingerprint density at radius 1 is 1.24 bits per heavy atom. The van der Waals surface area contributed by atoms with Gasteiger partial charge in [0.1, 0.15) is 6.04 Å². The molecule has 0 saturated carbocycles. The van der Waals surface area contributed by atoms with Crippen LogP contribution in [0.2, 0.25) is 0 Å². The number of hydrogen-bond acceptors (Lipinski definition) is 3. The van der Waals surface area contributed by atoms with E-state index in [4.69, 9.17) is 0 Å². The van der Waals surface area contributed by atoms with Crippen molar-refractivity contribution < 1.29 is 27.6 Å². The molecule has 0 radical (unpaired) electrons. The molecule has 4 amide bonds. The average molecular weight is 355 g/mol. The summed E-state index contributed by atoms with van der Waals surface area (Å²) >= 11 is 0. The molecule has 2 aliphatic heterocycles. The number of nitrogens with zero attached hydrogens (tertiary/aromatic N) is 1. The molecule has 0 bridgehead atoms. The molecule has 0 aliphatic carbocycles. The first kappa shape index (κ1) is 17.2. The van der Waals surface area contributed by atoms with Crippen LogP contribution in [0.1, 0.15) is 29.5 Å². The summed E-state index contributed by atoms with van der Waals surface area (Å²) in [4.78, 5) is 36.3. The maximum Gasteiger partial charge on any atom is 0.416 e. The molecule has 0 spiro atoms. The Balaban J connectivity index is 1.62. The minimum Gasteiger partial charge on any atom is -0.338 e. The van der Waals surface area contributed by atoms with Crippen LogP contribution in [-0.4, -0.2) is 35.3 Å². The lowest BCUT2D eigenvalue weighted by Crippen LogP contribution is -2.37. The van der Waals surface area contributed by atoms with Gasteiger partial charge in [-0.3, -0.25) is 14.9 Å². The van der Waals surface area contributed by atoms with Crippen molar-refractivity contribution in [2.75, 3.05) is 6.54 Å². The van der Waals surface area contributed by atoms with Crippen molar-refractivity contribution in [2.45, 2.75) is 38.0 Å². The van der Waals surface area contributed by atoms with Crippen molar-refractivity contribution in [1.29, 1.82) is 0 Å². The van der Waals surface area contributed by atoms with Gasteiger partial charge in [-0.1, -0.05) is 6.07 Å². The van der Waals surface area contributed by atoms with Gasteiger partial charge in [0.2, 0.25) is 5.91 Å². The Labute approximate surface area is 141 Å². The largest absolute Gasteiger partial charge is 0.416 e. The highest BCUT2D eigenvalue weighted by Crippen LogP contribution is 2.32. The van der Waals surface area contributed by atoms with Crippen molar-refractivity contribution in [3.05, 3.63) is 34.9 Å². The van der Waals surface area contributed by atoms with E-state index in [2.05, 4.69) is 10.6 Å². The number of carbonyl (C=O) groups excluding carboxylic acids is 3. The first-order chi connectivity index (χ1) is 11.7. The van der Waals surface area contributed by atoms with E-state index in [1.54, 1.807) is 0 Å². The van der Waals surface area contributed by atoms with Gasteiger partial charge in [0, 0.05) is 19.5 Å². The van der Waals surface area contributed by atoms with Gasteiger partial charge in [-0.15, -0.1) is 0 Å². The number of benzene rings is 1. The number of rotatable bonds is 3. The molecule has 25 heavy (non-hydrogen) atoms. The highest BCUT2D eigenvalue weighted by molar-refractivity contribution is 6.04. The number of fused-ring (bicyclic) bond motifs is 1. The summed E-state index contributed by atoms with van der Waals surface area (Å²) in [5.41, 5.74) is 0.562. The number of nitrogens with one attached hydrogen (secondary N) is 2. The molecule has 1 atom stereocenters.